The lowest BCUT2D eigenvalue weighted by Crippen LogP contribution is -2.33. The summed E-state index contributed by atoms with van der Waals surface area (Å²) >= 11 is 0. The van der Waals surface area contributed by atoms with E-state index in [0.29, 0.717) is 5.54 Å². The van der Waals surface area contributed by atoms with E-state index in [-0.39, 0.29) is 0 Å². The van der Waals surface area contributed by atoms with Crippen molar-refractivity contribution in [3.05, 3.63) is 82.4 Å². The number of rotatable bonds is 5. The summed E-state index contributed by atoms with van der Waals surface area (Å²) in [5.74, 6) is 0. The van der Waals surface area contributed by atoms with E-state index in [9.17, 15) is 0 Å². The van der Waals surface area contributed by atoms with Crippen molar-refractivity contribution in [1.82, 2.24) is 0 Å². The van der Waals surface area contributed by atoms with E-state index in [4.69, 9.17) is 0 Å². The quantitative estimate of drug-likeness (QED) is 0.551. The van der Waals surface area contributed by atoms with E-state index in [0.717, 1.165) is 0 Å². The Bertz CT molecular complexity index is 810. The normalized spacial score (nSPS) is 18.4. The molecule has 2 aromatic carbocycles. The summed E-state index contributed by atoms with van der Waals surface area (Å²) in [7, 11) is -1.29. The fourth-order valence-electron chi connectivity index (χ4n) is 4.37. The standard InChI is InChI=1S/C23H26Si/c1-24(2,23-14-13-19-9-5-6-12-22(19)23)15-7-8-18-16-20-10-3-4-11-21(20)17-18/h3-6,9-14,16,23H,7-8,15,17H2,1-2H3. The van der Waals surface area contributed by atoms with Gasteiger partial charge in [0, 0.05) is 0 Å². The minimum Gasteiger partial charge on any atom is -0.0791 e. The van der Waals surface area contributed by atoms with Crippen LogP contribution in [-0.2, 0) is 6.42 Å². The molecule has 2 aliphatic carbocycles. The van der Waals surface area contributed by atoms with Crippen LogP contribution in [0.2, 0.25) is 19.1 Å². The summed E-state index contributed by atoms with van der Waals surface area (Å²) in [5.41, 5.74) is 8.29. The highest BCUT2D eigenvalue weighted by Gasteiger charge is 2.33. The first-order valence-corrected chi connectivity index (χ1v) is 12.5. The third-order valence-electron chi connectivity index (χ3n) is 5.79. The van der Waals surface area contributed by atoms with Crippen molar-refractivity contribution >= 4 is 20.2 Å². The molecule has 0 fully saturated rings. The molecule has 0 radical (unpaired) electrons. The van der Waals surface area contributed by atoms with Crippen LogP contribution < -0.4 is 0 Å². The lowest BCUT2D eigenvalue weighted by Gasteiger charge is -2.29. The van der Waals surface area contributed by atoms with Gasteiger partial charge in [-0.3, -0.25) is 0 Å². The van der Waals surface area contributed by atoms with Gasteiger partial charge in [-0.15, -0.1) is 0 Å². The van der Waals surface area contributed by atoms with E-state index in [1.54, 1.807) is 11.1 Å². The lowest BCUT2D eigenvalue weighted by atomic mass is 10.1. The molecule has 1 atom stereocenters. The van der Waals surface area contributed by atoms with Crippen molar-refractivity contribution in [2.45, 2.75) is 43.9 Å². The highest BCUT2D eigenvalue weighted by atomic mass is 28.3. The van der Waals surface area contributed by atoms with Gasteiger partial charge in [0.1, 0.15) is 0 Å². The molecule has 0 saturated heterocycles. The second-order valence-corrected chi connectivity index (χ2v) is 13.1. The maximum atomic E-state index is 2.57. The Morgan fingerprint density at radius 3 is 2.54 bits per heavy atom. The Labute approximate surface area is 146 Å². The number of benzene rings is 2. The van der Waals surface area contributed by atoms with Gasteiger partial charge in [0.2, 0.25) is 0 Å². The Morgan fingerprint density at radius 2 is 1.71 bits per heavy atom. The zero-order valence-corrected chi connectivity index (χ0v) is 15.8. The predicted octanol–water partition coefficient (Wildman–Crippen LogP) is 6.46. The highest BCUT2D eigenvalue weighted by Crippen LogP contribution is 2.40. The zero-order valence-electron chi connectivity index (χ0n) is 14.8. The Morgan fingerprint density at radius 1 is 0.958 bits per heavy atom. The van der Waals surface area contributed by atoms with Crippen LogP contribution in [0.5, 0.6) is 0 Å². The zero-order chi connectivity index (χ0) is 16.6. The van der Waals surface area contributed by atoms with Gasteiger partial charge in [-0.2, -0.15) is 0 Å². The van der Waals surface area contributed by atoms with Gasteiger partial charge in [-0.25, -0.2) is 0 Å². The van der Waals surface area contributed by atoms with Crippen LogP contribution in [0.4, 0.5) is 0 Å². The van der Waals surface area contributed by atoms with Crippen molar-refractivity contribution in [2.75, 3.05) is 0 Å². The van der Waals surface area contributed by atoms with Crippen molar-refractivity contribution in [3.8, 4) is 0 Å². The van der Waals surface area contributed by atoms with E-state index in [1.165, 1.54) is 42.0 Å². The van der Waals surface area contributed by atoms with Gasteiger partial charge in [-0.05, 0) is 40.6 Å². The molecule has 0 heterocycles. The van der Waals surface area contributed by atoms with Crippen molar-refractivity contribution < 1.29 is 0 Å². The van der Waals surface area contributed by atoms with Crippen molar-refractivity contribution in [2.24, 2.45) is 0 Å². The topological polar surface area (TPSA) is 0 Å². The summed E-state index contributed by atoms with van der Waals surface area (Å²) in [5, 5.41) is 0. The maximum Gasteiger partial charge on any atom is 0.0596 e. The van der Waals surface area contributed by atoms with Gasteiger partial charge < -0.3 is 0 Å². The maximum absolute atomic E-state index is 2.57. The summed E-state index contributed by atoms with van der Waals surface area (Å²) in [6.07, 6.45) is 11.0. The van der Waals surface area contributed by atoms with Crippen LogP contribution in [0.3, 0.4) is 0 Å². The molecular formula is C23H26Si. The molecule has 0 bridgehead atoms. The first-order valence-electron chi connectivity index (χ1n) is 9.18. The van der Waals surface area contributed by atoms with Crippen LogP contribution in [0.15, 0.2) is 60.2 Å². The molecule has 1 unspecified atom stereocenters. The van der Waals surface area contributed by atoms with Crippen molar-refractivity contribution in [3.63, 3.8) is 0 Å². The van der Waals surface area contributed by atoms with Crippen LogP contribution >= 0.6 is 0 Å². The molecule has 0 nitrogen and oxygen atoms in total. The molecule has 24 heavy (non-hydrogen) atoms. The molecule has 0 aliphatic heterocycles. The summed E-state index contributed by atoms with van der Waals surface area (Å²) in [6.45, 7) is 5.14. The minimum absolute atomic E-state index is 0.698. The summed E-state index contributed by atoms with van der Waals surface area (Å²) < 4.78 is 0. The average Bonchev–Trinajstić information content (AvgIpc) is 3.18. The molecule has 122 valence electrons. The largest absolute Gasteiger partial charge is 0.0791 e. The van der Waals surface area contributed by atoms with Gasteiger partial charge >= 0.3 is 0 Å². The van der Waals surface area contributed by atoms with Crippen LogP contribution in [-0.4, -0.2) is 8.07 Å². The fraction of sp³-hybridized carbons (Fsp3) is 0.304. The smallest absolute Gasteiger partial charge is 0.0596 e. The van der Waals surface area contributed by atoms with Gasteiger partial charge in [0.25, 0.3) is 0 Å². The van der Waals surface area contributed by atoms with Crippen LogP contribution in [0.25, 0.3) is 12.2 Å². The second-order valence-electron chi connectivity index (χ2n) is 7.99. The molecule has 0 spiro atoms. The van der Waals surface area contributed by atoms with Crippen molar-refractivity contribution in [1.29, 1.82) is 0 Å². The molecular weight excluding hydrogens is 304 g/mol. The SMILES string of the molecule is C[Si](C)(CCCC1=Cc2ccccc2C1)C1C=Cc2ccccc21. The van der Waals surface area contributed by atoms with Crippen LogP contribution in [0.1, 0.15) is 40.6 Å². The first-order chi connectivity index (χ1) is 11.6. The highest BCUT2D eigenvalue weighted by molar-refractivity contribution is 6.79. The minimum atomic E-state index is -1.29. The third kappa shape index (κ3) is 2.93. The molecule has 1 heteroatoms. The van der Waals surface area contributed by atoms with E-state index in [1.807, 2.05) is 0 Å². The predicted molar refractivity (Wildman–Crippen MR) is 108 cm³/mol. The molecule has 0 aromatic heterocycles. The Kier molecular flexibility index (Phi) is 4.05. The Hall–Kier alpha value is -1.86. The Balaban J connectivity index is 1.38. The molecule has 0 saturated carbocycles. The molecule has 2 aliphatic rings. The second kappa shape index (κ2) is 6.21. The molecule has 4 rings (SSSR count). The van der Waals surface area contributed by atoms with Gasteiger partial charge in [0.15, 0.2) is 0 Å². The van der Waals surface area contributed by atoms with E-state index < -0.39 is 8.07 Å². The fourth-order valence-corrected chi connectivity index (χ4v) is 7.49. The molecule has 0 amide bonds. The van der Waals surface area contributed by atoms with Gasteiger partial charge in [0.05, 0.1) is 8.07 Å². The average molecular weight is 331 g/mol. The number of fused-ring (bicyclic) bond motifs is 2. The number of hydrogen-bond donors (Lipinski definition) is 0. The lowest BCUT2D eigenvalue weighted by molar-refractivity contribution is 0.860. The third-order valence-corrected chi connectivity index (χ3v) is 9.62. The number of allylic oxidation sites excluding steroid dienone is 2. The van der Waals surface area contributed by atoms with E-state index >= 15 is 0 Å². The number of hydrogen-bond acceptors (Lipinski definition) is 0. The molecule has 2 aromatic rings. The first kappa shape index (κ1) is 15.7. The summed E-state index contributed by atoms with van der Waals surface area (Å²) in [4.78, 5) is 0. The summed E-state index contributed by atoms with van der Waals surface area (Å²) in [6, 6.07) is 19.2. The van der Waals surface area contributed by atoms with Gasteiger partial charge in [-0.1, -0.05) is 97.9 Å². The molecule has 0 N–H and O–H groups in total. The van der Waals surface area contributed by atoms with Crippen LogP contribution in [0, 0.1) is 0 Å². The van der Waals surface area contributed by atoms with E-state index in [2.05, 4.69) is 79.9 Å². The monoisotopic (exact) mass is 330 g/mol.